The predicted octanol–water partition coefficient (Wildman–Crippen LogP) is 3.40. The van der Waals surface area contributed by atoms with E-state index in [1.165, 1.54) is 31.4 Å². The lowest BCUT2D eigenvalue weighted by Crippen LogP contribution is -2.20. The van der Waals surface area contributed by atoms with Crippen molar-refractivity contribution in [3.63, 3.8) is 0 Å². The Labute approximate surface area is 159 Å². The highest BCUT2D eigenvalue weighted by molar-refractivity contribution is 7.92. The highest BCUT2D eigenvalue weighted by Gasteiger charge is 2.16. The molecule has 1 amide bonds. The van der Waals surface area contributed by atoms with Gasteiger partial charge in [-0.15, -0.1) is 0 Å². The molecule has 27 heavy (non-hydrogen) atoms. The van der Waals surface area contributed by atoms with Crippen molar-refractivity contribution < 1.29 is 17.9 Å². The third kappa shape index (κ3) is 5.55. The summed E-state index contributed by atoms with van der Waals surface area (Å²) >= 11 is 0. The number of nitrogens with one attached hydrogen (secondary N) is 2. The maximum Gasteiger partial charge on any atom is 0.271 e. The highest BCUT2D eigenvalue weighted by Crippen LogP contribution is 2.20. The number of amides is 1. The Bertz CT molecular complexity index is 916. The first-order valence-electron chi connectivity index (χ1n) is 8.52. The summed E-state index contributed by atoms with van der Waals surface area (Å²) in [6, 6.07) is 12.3. The molecule has 144 valence electrons. The Kier molecular flexibility index (Phi) is 6.95. The molecule has 0 bridgehead atoms. The molecule has 2 aromatic rings. The van der Waals surface area contributed by atoms with E-state index in [1.807, 2.05) is 13.8 Å². The second-order valence-corrected chi connectivity index (χ2v) is 7.37. The van der Waals surface area contributed by atoms with Gasteiger partial charge in [0.25, 0.3) is 15.9 Å². The van der Waals surface area contributed by atoms with Gasteiger partial charge in [-0.25, -0.2) is 13.8 Å². The van der Waals surface area contributed by atoms with E-state index in [2.05, 4.69) is 15.2 Å². The lowest BCUT2D eigenvalue weighted by molar-refractivity contribution is 0.0954. The second kappa shape index (κ2) is 9.18. The van der Waals surface area contributed by atoms with Crippen molar-refractivity contribution in [1.82, 2.24) is 5.43 Å². The normalized spacial score (nSPS) is 10.8. The number of carbonyl (C=O) groups is 1. The van der Waals surface area contributed by atoms with Crippen molar-refractivity contribution in [2.75, 3.05) is 11.8 Å². The van der Waals surface area contributed by atoms with Crippen LogP contribution in [0, 0.1) is 0 Å². The van der Waals surface area contributed by atoms with Gasteiger partial charge in [-0.3, -0.25) is 9.52 Å². The van der Waals surface area contributed by atoms with E-state index in [9.17, 15) is 13.2 Å². The average Bonchev–Trinajstić information content (AvgIpc) is 2.69. The third-order valence-corrected chi connectivity index (χ3v) is 5.26. The molecule has 2 N–H and O–H groups in total. The predicted molar refractivity (Wildman–Crippen MR) is 106 cm³/mol. The van der Waals surface area contributed by atoms with Crippen LogP contribution in [0.3, 0.4) is 0 Å². The maximum atomic E-state index is 12.6. The minimum absolute atomic E-state index is 0.0128. The van der Waals surface area contributed by atoms with Gasteiger partial charge in [0.2, 0.25) is 0 Å². The Morgan fingerprint density at radius 1 is 1.07 bits per heavy atom. The van der Waals surface area contributed by atoms with Gasteiger partial charge in [0.15, 0.2) is 0 Å². The largest absolute Gasteiger partial charge is 0.497 e. The number of ether oxygens (including phenoxy) is 1. The Morgan fingerprint density at radius 2 is 1.74 bits per heavy atom. The lowest BCUT2D eigenvalue weighted by atomic mass is 10.2. The minimum Gasteiger partial charge on any atom is -0.497 e. The van der Waals surface area contributed by atoms with Crippen LogP contribution < -0.4 is 14.9 Å². The summed E-state index contributed by atoms with van der Waals surface area (Å²) in [6.45, 7) is 3.90. The summed E-state index contributed by atoms with van der Waals surface area (Å²) in [5.74, 6) is 0.159. The number of benzene rings is 2. The van der Waals surface area contributed by atoms with E-state index >= 15 is 0 Å². The highest BCUT2D eigenvalue weighted by atomic mass is 32.2. The zero-order valence-electron chi connectivity index (χ0n) is 15.5. The molecular weight excluding hydrogens is 366 g/mol. The molecule has 0 aliphatic carbocycles. The lowest BCUT2D eigenvalue weighted by Gasteiger charge is -2.10. The minimum atomic E-state index is -3.84. The quantitative estimate of drug-likeness (QED) is 0.534. The molecule has 0 fully saturated rings. The number of anilines is 1. The van der Waals surface area contributed by atoms with E-state index in [0.29, 0.717) is 11.4 Å². The summed E-state index contributed by atoms with van der Waals surface area (Å²) in [6.07, 6.45) is 1.47. The first kappa shape index (κ1) is 20.4. The second-order valence-electron chi connectivity index (χ2n) is 5.69. The zero-order valence-corrected chi connectivity index (χ0v) is 16.3. The summed E-state index contributed by atoms with van der Waals surface area (Å²) in [4.78, 5) is 12.2. The van der Waals surface area contributed by atoms with E-state index in [1.54, 1.807) is 24.3 Å². The zero-order chi connectivity index (χ0) is 19.9. The van der Waals surface area contributed by atoms with Crippen LogP contribution in [0.25, 0.3) is 0 Å². The fourth-order valence-electron chi connectivity index (χ4n) is 2.28. The SMILES string of the molecule is CCC(CC)=NNC(=O)c1cccc(S(=O)(=O)Nc2ccc(OC)cc2)c1. The van der Waals surface area contributed by atoms with E-state index < -0.39 is 15.9 Å². The van der Waals surface area contributed by atoms with Crippen molar-refractivity contribution in [1.29, 1.82) is 0 Å². The molecule has 0 heterocycles. The van der Waals surface area contributed by atoms with Gasteiger partial charge < -0.3 is 4.74 Å². The number of sulfonamides is 1. The van der Waals surface area contributed by atoms with Gasteiger partial charge in [-0.1, -0.05) is 19.9 Å². The third-order valence-electron chi connectivity index (χ3n) is 3.88. The molecule has 7 nitrogen and oxygen atoms in total. The molecule has 0 atom stereocenters. The fourth-order valence-corrected chi connectivity index (χ4v) is 3.38. The summed E-state index contributed by atoms with van der Waals surface area (Å²) < 4.78 is 32.7. The molecular formula is C19H23N3O4S. The van der Waals surface area contributed by atoms with Gasteiger partial charge in [0.05, 0.1) is 12.0 Å². The van der Waals surface area contributed by atoms with Gasteiger partial charge in [-0.05, 0) is 55.3 Å². The fraction of sp³-hybridized carbons (Fsp3) is 0.263. The first-order valence-corrected chi connectivity index (χ1v) is 10.0. The van der Waals surface area contributed by atoms with Crippen LogP contribution in [-0.2, 0) is 10.0 Å². The van der Waals surface area contributed by atoms with Gasteiger partial charge in [-0.2, -0.15) is 5.10 Å². The van der Waals surface area contributed by atoms with Crippen molar-refractivity contribution in [3.8, 4) is 5.75 Å². The van der Waals surface area contributed by atoms with E-state index in [-0.39, 0.29) is 10.5 Å². The Balaban J connectivity index is 2.19. The molecule has 2 aromatic carbocycles. The molecule has 2 rings (SSSR count). The number of hydrogen-bond acceptors (Lipinski definition) is 5. The molecule has 0 unspecified atom stereocenters. The van der Waals surface area contributed by atoms with Crippen molar-refractivity contribution >= 4 is 27.3 Å². The number of hydrogen-bond donors (Lipinski definition) is 2. The number of carbonyl (C=O) groups excluding carboxylic acids is 1. The molecule has 0 aliphatic heterocycles. The Hall–Kier alpha value is -2.87. The average molecular weight is 389 g/mol. The van der Waals surface area contributed by atoms with Crippen LogP contribution in [0.15, 0.2) is 58.5 Å². The van der Waals surface area contributed by atoms with Crippen LogP contribution in [0.2, 0.25) is 0 Å². The number of methoxy groups -OCH3 is 1. The van der Waals surface area contributed by atoms with Crippen LogP contribution in [0.4, 0.5) is 5.69 Å². The van der Waals surface area contributed by atoms with Crippen LogP contribution in [-0.4, -0.2) is 27.1 Å². The molecule has 8 heteroatoms. The molecule has 0 radical (unpaired) electrons. The monoisotopic (exact) mass is 389 g/mol. The van der Waals surface area contributed by atoms with Crippen LogP contribution in [0.5, 0.6) is 5.75 Å². The van der Waals surface area contributed by atoms with Crippen LogP contribution >= 0.6 is 0 Å². The topological polar surface area (TPSA) is 96.9 Å². The summed E-state index contributed by atoms with van der Waals surface area (Å²) in [5, 5.41) is 4.05. The molecule has 0 saturated carbocycles. The van der Waals surface area contributed by atoms with Crippen molar-refractivity contribution in [3.05, 3.63) is 54.1 Å². The summed E-state index contributed by atoms with van der Waals surface area (Å²) in [7, 11) is -2.30. The molecule has 0 aromatic heterocycles. The van der Waals surface area contributed by atoms with Crippen molar-refractivity contribution in [2.45, 2.75) is 31.6 Å². The molecule has 0 spiro atoms. The van der Waals surface area contributed by atoms with Gasteiger partial charge in [0, 0.05) is 17.0 Å². The van der Waals surface area contributed by atoms with E-state index in [4.69, 9.17) is 4.74 Å². The van der Waals surface area contributed by atoms with Crippen LogP contribution in [0.1, 0.15) is 37.0 Å². The van der Waals surface area contributed by atoms with Crippen molar-refractivity contribution in [2.24, 2.45) is 5.10 Å². The smallest absolute Gasteiger partial charge is 0.271 e. The summed E-state index contributed by atoms with van der Waals surface area (Å²) in [5.41, 5.74) is 3.92. The standard InChI is InChI=1S/C19H23N3O4S/c1-4-15(5-2)20-21-19(23)14-7-6-8-18(13-14)27(24,25)22-16-9-11-17(26-3)12-10-16/h6-13,22H,4-5H2,1-3H3,(H,21,23). The molecule has 0 saturated heterocycles. The number of nitrogens with zero attached hydrogens (tertiary/aromatic N) is 1. The molecule has 0 aliphatic rings. The van der Waals surface area contributed by atoms with Gasteiger partial charge >= 0.3 is 0 Å². The van der Waals surface area contributed by atoms with Gasteiger partial charge in [0.1, 0.15) is 5.75 Å². The maximum absolute atomic E-state index is 12.6. The Morgan fingerprint density at radius 3 is 2.33 bits per heavy atom. The number of rotatable bonds is 8. The van der Waals surface area contributed by atoms with E-state index in [0.717, 1.165) is 18.6 Å². The first-order chi connectivity index (χ1) is 12.9. The number of hydrazone groups is 1.